The molecule has 52 valence electrons. The van der Waals surface area contributed by atoms with Crippen LogP contribution in [0.25, 0.3) is 0 Å². The summed E-state index contributed by atoms with van der Waals surface area (Å²) in [5.74, 6) is 0. The summed E-state index contributed by atoms with van der Waals surface area (Å²) in [7, 11) is 0. The first-order chi connectivity index (χ1) is 4.27. The summed E-state index contributed by atoms with van der Waals surface area (Å²) >= 11 is 0. The highest BCUT2D eigenvalue weighted by atomic mass is 16.5. The van der Waals surface area contributed by atoms with Crippen LogP contribution in [0, 0.1) is 0 Å². The fraction of sp³-hybridized carbons (Fsp3) is 0.500. The highest BCUT2D eigenvalue weighted by Crippen LogP contribution is 1.90. The molecular formula is C8H14O. The standard InChI is InChI=1S/C8H14O/c1-4-5-6-9-7-8(2)3/h4,7H,1,5-6H2,2-3H3. The van der Waals surface area contributed by atoms with Gasteiger partial charge in [0.15, 0.2) is 0 Å². The summed E-state index contributed by atoms with van der Waals surface area (Å²) in [6, 6.07) is 0. The number of hydrogen-bond acceptors (Lipinski definition) is 1. The molecule has 1 heteroatoms. The summed E-state index contributed by atoms with van der Waals surface area (Å²) in [6.07, 6.45) is 4.53. The van der Waals surface area contributed by atoms with Crippen LogP contribution in [0.3, 0.4) is 0 Å². The van der Waals surface area contributed by atoms with E-state index in [0.717, 1.165) is 13.0 Å². The molecule has 0 aliphatic rings. The molecule has 0 aromatic heterocycles. The first-order valence-electron chi connectivity index (χ1n) is 3.13. The third kappa shape index (κ3) is 7.28. The molecule has 0 unspecified atom stereocenters. The maximum atomic E-state index is 5.10. The average molecular weight is 126 g/mol. The van der Waals surface area contributed by atoms with Crippen LogP contribution in [0.1, 0.15) is 20.3 Å². The maximum Gasteiger partial charge on any atom is 0.0907 e. The molecule has 0 fully saturated rings. The van der Waals surface area contributed by atoms with Gasteiger partial charge < -0.3 is 4.74 Å². The predicted octanol–water partition coefficient (Wildman–Crippen LogP) is 2.50. The van der Waals surface area contributed by atoms with Crippen LogP contribution in [0.5, 0.6) is 0 Å². The largest absolute Gasteiger partial charge is 0.501 e. The van der Waals surface area contributed by atoms with E-state index >= 15 is 0 Å². The number of ether oxygens (including phenoxy) is 1. The smallest absolute Gasteiger partial charge is 0.0907 e. The highest BCUT2D eigenvalue weighted by molar-refractivity contribution is 4.86. The van der Waals surface area contributed by atoms with Crippen LogP contribution in [-0.2, 0) is 4.74 Å². The summed E-state index contributed by atoms with van der Waals surface area (Å²) in [6.45, 7) is 8.34. The Morgan fingerprint density at radius 1 is 1.56 bits per heavy atom. The fourth-order valence-corrected chi connectivity index (χ4v) is 0.377. The lowest BCUT2D eigenvalue weighted by atomic mass is 10.4. The van der Waals surface area contributed by atoms with Crippen molar-refractivity contribution in [1.82, 2.24) is 0 Å². The molecule has 0 rings (SSSR count). The van der Waals surface area contributed by atoms with Crippen molar-refractivity contribution in [2.75, 3.05) is 6.61 Å². The molecule has 0 aromatic rings. The maximum absolute atomic E-state index is 5.10. The van der Waals surface area contributed by atoms with Crippen LogP contribution in [0.15, 0.2) is 24.5 Å². The Balaban J connectivity index is 3.09. The molecule has 0 saturated carbocycles. The van der Waals surface area contributed by atoms with Gasteiger partial charge in [-0.25, -0.2) is 0 Å². The minimum atomic E-state index is 0.745. The summed E-state index contributed by atoms with van der Waals surface area (Å²) in [5.41, 5.74) is 1.19. The van der Waals surface area contributed by atoms with Crippen molar-refractivity contribution in [1.29, 1.82) is 0 Å². The molecular weight excluding hydrogens is 112 g/mol. The van der Waals surface area contributed by atoms with E-state index in [9.17, 15) is 0 Å². The van der Waals surface area contributed by atoms with Crippen molar-refractivity contribution in [2.45, 2.75) is 20.3 Å². The molecule has 0 saturated heterocycles. The van der Waals surface area contributed by atoms with Gasteiger partial charge in [-0.2, -0.15) is 0 Å². The van der Waals surface area contributed by atoms with Crippen LogP contribution in [0.2, 0.25) is 0 Å². The Labute approximate surface area is 57.0 Å². The number of rotatable bonds is 4. The van der Waals surface area contributed by atoms with Gasteiger partial charge in [0.1, 0.15) is 0 Å². The Bertz CT molecular complexity index is 99.1. The van der Waals surface area contributed by atoms with E-state index in [2.05, 4.69) is 6.58 Å². The molecule has 9 heavy (non-hydrogen) atoms. The van der Waals surface area contributed by atoms with Crippen molar-refractivity contribution in [2.24, 2.45) is 0 Å². The Morgan fingerprint density at radius 2 is 2.22 bits per heavy atom. The normalized spacial score (nSPS) is 8.22. The lowest BCUT2D eigenvalue weighted by Crippen LogP contribution is -1.83. The SMILES string of the molecule is C=CCCOC=C(C)C. The van der Waals surface area contributed by atoms with E-state index in [1.54, 1.807) is 6.26 Å². The second-order valence-corrected chi connectivity index (χ2v) is 2.14. The number of hydrogen-bond donors (Lipinski definition) is 0. The first kappa shape index (κ1) is 8.28. The van der Waals surface area contributed by atoms with Crippen LogP contribution < -0.4 is 0 Å². The van der Waals surface area contributed by atoms with Gasteiger partial charge in [-0.3, -0.25) is 0 Å². The Hall–Kier alpha value is -0.720. The van der Waals surface area contributed by atoms with Crippen molar-refractivity contribution < 1.29 is 4.74 Å². The van der Waals surface area contributed by atoms with Gasteiger partial charge >= 0.3 is 0 Å². The molecule has 0 bridgehead atoms. The lowest BCUT2D eigenvalue weighted by molar-refractivity contribution is 0.253. The molecule has 0 heterocycles. The molecule has 0 N–H and O–H groups in total. The van der Waals surface area contributed by atoms with E-state index in [1.807, 2.05) is 19.9 Å². The summed E-state index contributed by atoms with van der Waals surface area (Å²) in [5, 5.41) is 0. The van der Waals surface area contributed by atoms with Crippen molar-refractivity contribution in [3.63, 3.8) is 0 Å². The summed E-state index contributed by atoms with van der Waals surface area (Å²) in [4.78, 5) is 0. The molecule has 0 aromatic carbocycles. The molecule has 0 aliphatic carbocycles. The second-order valence-electron chi connectivity index (χ2n) is 2.14. The van der Waals surface area contributed by atoms with E-state index in [4.69, 9.17) is 4.74 Å². The van der Waals surface area contributed by atoms with Gasteiger partial charge in [-0.05, 0) is 25.8 Å². The Morgan fingerprint density at radius 3 is 2.67 bits per heavy atom. The number of allylic oxidation sites excluding steroid dienone is 1. The minimum Gasteiger partial charge on any atom is -0.501 e. The van der Waals surface area contributed by atoms with E-state index in [0.29, 0.717) is 0 Å². The molecule has 0 spiro atoms. The van der Waals surface area contributed by atoms with Gasteiger partial charge in [0.25, 0.3) is 0 Å². The molecule has 1 nitrogen and oxygen atoms in total. The average Bonchev–Trinajstić information content (AvgIpc) is 1.80. The van der Waals surface area contributed by atoms with Gasteiger partial charge in [0.2, 0.25) is 0 Å². The van der Waals surface area contributed by atoms with E-state index < -0.39 is 0 Å². The van der Waals surface area contributed by atoms with Crippen LogP contribution in [0.4, 0.5) is 0 Å². The van der Waals surface area contributed by atoms with Gasteiger partial charge in [0, 0.05) is 0 Å². The highest BCUT2D eigenvalue weighted by Gasteiger charge is 1.77. The van der Waals surface area contributed by atoms with Crippen LogP contribution in [-0.4, -0.2) is 6.61 Å². The second kappa shape index (κ2) is 5.42. The molecule has 0 atom stereocenters. The summed E-state index contributed by atoms with van der Waals surface area (Å²) < 4.78 is 5.10. The van der Waals surface area contributed by atoms with Gasteiger partial charge in [0.05, 0.1) is 12.9 Å². The van der Waals surface area contributed by atoms with Crippen LogP contribution >= 0.6 is 0 Å². The lowest BCUT2D eigenvalue weighted by Gasteiger charge is -1.96. The van der Waals surface area contributed by atoms with Gasteiger partial charge in [-0.1, -0.05) is 6.08 Å². The van der Waals surface area contributed by atoms with Crippen molar-refractivity contribution in [3.05, 3.63) is 24.5 Å². The van der Waals surface area contributed by atoms with E-state index in [-0.39, 0.29) is 0 Å². The van der Waals surface area contributed by atoms with Crippen molar-refractivity contribution in [3.8, 4) is 0 Å². The molecule has 0 radical (unpaired) electrons. The minimum absolute atomic E-state index is 0.745. The van der Waals surface area contributed by atoms with Crippen molar-refractivity contribution >= 4 is 0 Å². The predicted molar refractivity (Wildman–Crippen MR) is 40.2 cm³/mol. The topological polar surface area (TPSA) is 9.23 Å². The molecule has 0 amide bonds. The third-order valence-electron chi connectivity index (χ3n) is 0.759. The monoisotopic (exact) mass is 126 g/mol. The Kier molecular flexibility index (Phi) is 4.98. The fourth-order valence-electron chi connectivity index (χ4n) is 0.377. The zero-order valence-corrected chi connectivity index (χ0v) is 6.18. The zero-order chi connectivity index (χ0) is 7.11. The first-order valence-corrected chi connectivity index (χ1v) is 3.13. The molecule has 0 aliphatic heterocycles. The third-order valence-corrected chi connectivity index (χ3v) is 0.759. The van der Waals surface area contributed by atoms with E-state index in [1.165, 1.54) is 5.57 Å². The quantitative estimate of drug-likeness (QED) is 0.319. The van der Waals surface area contributed by atoms with Gasteiger partial charge in [-0.15, -0.1) is 6.58 Å². The zero-order valence-electron chi connectivity index (χ0n) is 6.18.